The van der Waals surface area contributed by atoms with Gasteiger partial charge in [-0.15, -0.1) is 0 Å². The summed E-state index contributed by atoms with van der Waals surface area (Å²) in [5, 5.41) is 19.4. The number of fused-ring (bicyclic) bond motifs is 1. The van der Waals surface area contributed by atoms with Crippen LogP contribution in [0.4, 0.5) is 0 Å². The average molecular weight is 163 g/mol. The Kier molecular flexibility index (Phi) is 1.60. The normalized spacial score (nSPS) is 20.8. The lowest BCUT2D eigenvalue weighted by molar-refractivity contribution is -0.162. The summed E-state index contributed by atoms with van der Waals surface area (Å²) >= 11 is 0. The lowest BCUT2D eigenvalue weighted by atomic mass is 10.0. The molecule has 2 N–H and O–H groups in total. The van der Waals surface area contributed by atoms with Crippen LogP contribution in [0, 0.1) is 0 Å². The fraction of sp³-hybridized carbons (Fsp3) is 0.111. The van der Waals surface area contributed by atoms with Crippen LogP contribution >= 0.6 is 0 Å². The zero-order valence-electron chi connectivity index (χ0n) is 6.38. The Morgan fingerprint density at radius 3 is 2.83 bits per heavy atom. The molecule has 12 heavy (non-hydrogen) atoms. The first-order chi connectivity index (χ1) is 5.79. The highest BCUT2D eigenvalue weighted by molar-refractivity contribution is 5.55. The van der Waals surface area contributed by atoms with Gasteiger partial charge in [0.05, 0.1) is 0 Å². The van der Waals surface area contributed by atoms with Crippen LogP contribution in [0.15, 0.2) is 30.5 Å². The molecule has 1 aromatic rings. The van der Waals surface area contributed by atoms with E-state index in [2.05, 4.69) is 0 Å². The molecule has 0 fully saturated rings. The molecule has 2 rings (SSSR count). The van der Waals surface area contributed by atoms with Crippen LogP contribution in [0.3, 0.4) is 0 Å². The maximum absolute atomic E-state index is 9.45. The minimum Gasteiger partial charge on any atom is -0.367 e. The fourth-order valence-electron chi connectivity index (χ4n) is 1.28. The van der Waals surface area contributed by atoms with Gasteiger partial charge in [0.25, 0.3) is 0 Å². The van der Waals surface area contributed by atoms with Crippen molar-refractivity contribution < 1.29 is 10.3 Å². The van der Waals surface area contributed by atoms with Gasteiger partial charge in [-0.2, -0.15) is 0 Å². The standard InChI is InChI=1S/C9H9NO2/c11-9-8-4-2-1-3-7(8)5-6-10(9)12/h1-6,9,11-12H. The van der Waals surface area contributed by atoms with Gasteiger partial charge in [0.2, 0.25) is 0 Å². The summed E-state index contributed by atoms with van der Waals surface area (Å²) in [5.41, 5.74) is 1.66. The van der Waals surface area contributed by atoms with Gasteiger partial charge in [0, 0.05) is 11.8 Å². The first-order valence-corrected chi connectivity index (χ1v) is 3.71. The third-order valence-corrected chi connectivity index (χ3v) is 1.93. The Labute approximate surface area is 70.1 Å². The Hall–Kier alpha value is -1.32. The first-order valence-electron chi connectivity index (χ1n) is 3.71. The molecule has 0 amide bonds. The molecule has 1 aliphatic heterocycles. The summed E-state index contributed by atoms with van der Waals surface area (Å²) < 4.78 is 0. The molecule has 0 saturated carbocycles. The van der Waals surface area contributed by atoms with Gasteiger partial charge >= 0.3 is 0 Å². The predicted molar refractivity (Wildman–Crippen MR) is 44.1 cm³/mol. The molecule has 1 aliphatic rings. The van der Waals surface area contributed by atoms with Crippen LogP contribution in [-0.4, -0.2) is 15.4 Å². The predicted octanol–water partition coefficient (Wildman–Crippen LogP) is 1.35. The smallest absolute Gasteiger partial charge is 0.177 e. The van der Waals surface area contributed by atoms with Crippen molar-refractivity contribution in [2.24, 2.45) is 0 Å². The quantitative estimate of drug-likeness (QED) is 0.606. The maximum Gasteiger partial charge on any atom is 0.177 e. The third kappa shape index (κ3) is 0.995. The number of hydroxylamine groups is 2. The van der Waals surface area contributed by atoms with Crippen molar-refractivity contribution in [2.45, 2.75) is 6.23 Å². The molecule has 0 aromatic heterocycles. The van der Waals surface area contributed by atoms with Gasteiger partial charge in [0.1, 0.15) is 0 Å². The highest BCUT2D eigenvalue weighted by Crippen LogP contribution is 2.25. The highest BCUT2D eigenvalue weighted by Gasteiger charge is 2.18. The second-order valence-corrected chi connectivity index (χ2v) is 2.70. The van der Waals surface area contributed by atoms with Crippen molar-refractivity contribution in [2.75, 3.05) is 0 Å². The van der Waals surface area contributed by atoms with Gasteiger partial charge in [-0.3, -0.25) is 5.21 Å². The van der Waals surface area contributed by atoms with Crippen LogP contribution < -0.4 is 0 Å². The molecular formula is C9H9NO2. The van der Waals surface area contributed by atoms with Gasteiger partial charge in [-0.25, -0.2) is 5.06 Å². The molecule has 1 aromatic carbocycles. The lowest BCUT2D eigenvalue weighted by Crippen LogP contribution is -2.22. The molecule has 3 heteroatoms. The van der Waals surface area contributed by atoms with E-state index in [1.165, 1.54) is 6.20 Å². The van der Waals surface area contributed by atoms with Crippen molar-refractivity contribution in [1.29, 1.82) is 0 Å². The first kappa shape index (κ1) is 7.34. The summed E-state index contributed by atoms with van der Waals surface area (Å²) in [7, 11) is 0. The summed E-state index contributed by atoms with van der Waals surface area (Å²) in [5.74, 6) is 0. The van der Waals surface area contributed by atoms with Gasteiger partial charge < -0.3 is 5.11 Å². The van der Waals surface area contributed by atoms with Crippen LogP contribution in [-0.2, 0) is 0 Å². The number of nitrogens with zero attached hydrogens (tertiary/aromatic N) is 1. The SMILES string of the molecule is OC1c2ccccc2C=CN1O. The highest BCUT2D eigenvalue weighted by atomic mass is 16.5. The summed E-state index contributed by atoms with van der Waals surface area (Å²) in [6.07, 6.45) is 2.25. The topological polar surface area (TPSA) is 43.7 Å². The molecular weight excluding hydrogens is 154 g/mol. The molecule has 0 saturated heterocycles. The Morgan fingerprint density at radius 1 is 1.25 bits per heavy atom. The molecule has 0 radical (unpaired) electrons. The van der Waals surface area contributed by atoms with E-state index in [1.54, 1.807) is 12.1 Å². The molecule has 1 unspecified atom stereocenters. The Morgan fingerprint density at radius 2 is 2.00 bits per heavy atom. The van der Waals surface area contributed by atoms with Crippen LogP contribution in [0.2, 0.25) is 0 Å². The van der Waals surface area contributed by atoms with E-state index >= 15 is 0 Å². The second-order valence-electron chi connectivity index (χ2n) is 2.70. The summed E-state index contributed by atoms with van der Waals surface area (Å²) in [6.45, 7) is 0. The average Bonchev–Trinajstić information content (AvgIpc) is 2.12. The molecule has 62 valence electrons. The molecule has 0 spiro atoms. The van der Waals surface area contributed by atoms with E-state index < -0.39 is 6.23 Å². The van der Waals surface area contributed by atoms with Crippen LogP contribution in [0.25, 0.3) is 6.08 Å². The zero-order valence-corrected chi connectivity index (χ0v) is 6.38. The van der Waals surface area contributed by atoms with Crippen molar-refractivity contribution >= 4 is 6.08 Å². The van der Waals surface area contributed by atoms with E-state index in [9.17, 15) is 5.11 Å². The van der Waals surface area contributed by atoms with Crippen LogP contribution in [0.5, 0.6) is 0 Å². The lowest BCUT2D eigenvalue weighted by Gasteiger charge is -2.24. The number of hydrogen-bond acceptors (Lipinski definition) is 3. The number of aliphatic hydroxyl groups excluding tert-OH is 1. The van der Waals surface area contributed by atoms with E-state index in [1.807, 2.05) is 18.2 Å². The number of hydrogen-bond donors (Lipinski definition) is 2. The largest absolute Gasteiger partial charge is 0.367 e. The van der Waals surface area contributed by atoms with Crippen molar-refractivity contribution in [3.63, 3.8) is 0 Å². The third-order valence-electron chi connectivity index (χ3n) is 1.93. The molecule has 3 nitrogen and oxygen atoms in total. The maximum atomic E-state index is 9.45. The van der Waals surface area contributed by atoms with Gasteiger partial charge in [-0.1, -0.05) is 24.3 Å². The minimum absolute atomic E-state index is 0.725. The summed E-state index contributed by atoms with van der Waals surface area (Å²) in [4.78, 5) is 0. The molecule has 0 bridgehead atoms. The van der Waals surface area contributed by atoms with Crippen molar-refractivity contribution in [3.8, 4) is 0 Å². The van der Waals surface area contributed by atoms with Crippen LogP contribution in [0.1, 0.15) is 17.4 Å². The van der Waals surface area contributed by atoms with E-state index in [0.717, 1.165) is 16.2 Å². The zero-order chi connectivity index (χ0) is 8.55. The Balaban J connectivity index is 2.52. The van der Waals surface area contributed by atoms with E-state index in [0.29, 0.717) is 0 Å². The fourth-order valence-corrected chi connectivity index (χ4v) is 1.28. The van der Waals surface area contributed by atoms with E-state index in [4.69, 9.17) is 5.21 Å². The number of aliphatic hydroxyl groups is 1. The minimum atomic E-state index is -0.939. The van der Waals surface area contributed by atoms with E-state index in [-0.39, 0.29) is 0 Å². The molecule has 1 heterocycles. The monoisotopic (exact) mass is 163 g/mol. The van der Waals surface area contributed by atoms with Gasteiger partial charge in [-0.05, 0) is 11.6 Å². The second kappa shape index (κ2) is 2.62. The van der Waals surface area contributed by atoms with Crippen molar-refractivity contribution in [1.82, 2.24) is 5.06 Å². The Bertz CT molecular complexity index is 322. The van der Waals surface area contributed by atoms with Gasteiger partial charge in [0.15, 0.2) is 6.23 Å². The number of benzene rings is 1. The number of rotatable bonds is 0. The molecule has 0 aliphatic carbocycles. The molecule has 1 atom stereocenters. The summed E-state index contributed by atoms with van der Waals surface area (Å²) in [6, 6.07) is 7.40. The van der Waals surface area contributed by atoms with Crippen molar-refractivity contribution in [3.05, 3.63) is 41.6 Å².